The molecule has 0 spiro atoms. The van der Waals surface area contributed by atoms with Crippen LogP contribution in [0.2, 0.25) is 5.11 Å². The van der Waals surface area contributed by atoms with Crippen molar-refractivity contribution in [1.82, 2.24) is 19.9 Å². The van der Waals surface area contributed by atoms with Crippen LogP contribution in [0.15, 0.2) is 24.4 Å². The first kappa shape index (κ1) is 24.6. The molecular formula is C20H25B5FN7O2. The second-order valence-electron chi connectivity index (χ2n) is 10.4. The first-order chi connectivity index (χ1) is 16.3. The largest absolute Gasteiger partial charge is 0.488 e. The van der Waals surface area contributed by atoms with Crippen molar-refractivity contribution in [3.63, 3.8) is 0 Å². The molecular weight excluding hydrogens is 443 g/mol. The summed E-state index contributed by atoms with van der Waals surface area (Å²) in [6.45, 7) is 2.09. The number of nitrogen functional groups attached to an aromatic ring is 1. The van der Waals surface area contributed by atoms with Gasteiger partial charge in [0.25, 0.3) is 5.91 Å². The molecule has 174 valence electrons. The van der Waals surface area contributed by atoms with Gasteiger partial charge in [-0.3, -0.25) is 4.79 Å². The number of nitriles is 1. The summed E-state index contributed by atoms with van der Waals surface area (Å²) < 4.78 is 22.4. The van der Waals surface area contributed by atoms with Crippen LogP contribution in [-0.4, -0.2) is 77.7 Å². The molecule has 3 N–H and O–H groups in total. The van der Waals surface area contributed by atoms with Crippen molar-refractivity contribution >= 4 is 62.4 Å². The Morgan fingerprint density at radius 1 is 1.29 bits per heavy atom. The number of carbonyl (C=O) groups excluding carboxylic acids is 1. The maximum absolute atomic E-state index is 14.8. The van der Waals surface area contributed by atoms with Crippen LogP contribution in [0, 0.1) is 17.1 Å². The van der Waals surface area contributed by atoms with E-state index in [4.69, 9.17) is 15.5 Å². The number of amides is 1. The zero-order valence-electron chi connectivity index (χ0n) is 20.8. The number of anilines is 2. The molecule has 1 aliphatic heterocycles. The van der Waals surface area contributed by atoms with Gasteiger partial charge in [-0.2, -0.15) is 5.26 Å². The first-order valence-electron chi connectivity index (χ1n) is 11.4. The number of benzene rings is 1. The number of hydrogen-bond acceptors (Lipinski definition) is 7. The molecule has 1 aromatic carbocycles. The molecule has 4 rings (SSSR count). The van der Waals surface area contributed by atoms with Gasteiger partial charge in [0, 0.05) is 18.3 Å². The lowest BCUT2D eigenvalue weighted by Crippen LogP contribution is -2.59. The van der Waals surface area contributed by atoms with Crippen molar-refractivity contribution in [2.75, 3.05) is 17.2 Å². The Morgan fingerprint density at radius 3 is 2.66 bits per heavy atom. The fourth-order valence-electron chi connectivity index (χ4n) is 4.00. The highest BCUT2D eigenvalue weighted by Crippen LogP contribution is 2.37. The summed E-state index contributed by atoms with van der Waals surface area (Å²) in [5.41, 5.74) is 6.90. The van der Waals surface area contributed by atoms with Crippen molar-refractivity contribution in [2.24, 2.45) is 0 Å². The highest BCUT2D eigenvalue weighted by atomic mass is 19.1. The lowest BCUT2D eigenvalue weighted by Gasteiger charge is -2.50. The van der Waals surface area contributed by atoms with Gasteiger partial charge in [0.05, 0.1) is 35.6 Å². The molecule has 1 amide bonds. The van der Waals surface area contributed by atoms with Crippen LogP contribution in [0.25, 0.3) is 5.65 Å². The molecule has 2 aromatic heterocycles. The number of nitrogens with zero attached hydrogens (tertiary/aromatic N) is 5. The highest BCUT2D eigenvalue weighted by molar-refractivity contribution is 6.67. The van der Waals surface area contributed by atoms with Crippen molar-refractivity contribution < 1.29 is 13.9 Å². The molecule has 2 bridgehead atoms. The molecule has 1 unspecified atom stereocenters. The van der Waals surface area contributed by atoms with Gasteiger partial charge >= 0.3 is 0 Å². The molecule has 35 heavy (non-hydrogen) atoms. The summed E-state index contributed by atoms with van der Waals surface area (Å²) in [6, 6.07) is 6.52. The lowest BCUT2D eigenvalue weighted by atomic mass is 9.26. The summed E-state index contributed by atoms with van der Waals surface area (Å²) in [6.07, 6.45) is 1.22. The minimum Gasteiger partial charge on any atom is -0.488 e. The van der Waals surface area contributed by atoms with E-state index in [9.17, 15) is 14.4 Å². The normalized spacial score (nSPS) is 16.9. The molecule has 1 atom stereocenters. The molecule has 1 aliphatic rings. The van der Waals surface area contributed by atoms with Crippen LogP contribution < -0.4 is 20.7 Å². The average molecular weight is 469 g/mol. The van der Waals surface area contributed by atoms with Gasteiger partial charge in [-0.05, 0) is 30.5 Å². The lowest BCUT2D eigenvalue weighted by molar-refractivity contribution is 0.0934. The summed E-state index contributed by atoms with van der Waals surface area (Å²) in [5.74, 6) is -0.0761. The molecule has 0 radical (unpaired) electrons. The summed E-state index contributed by atoms with van der Waals surface area (Å²) >= 11 is 0. The van der Waals surface area contributed by atoms with Crippen molar-refractivity contribution in [2.45, 2.75) is 30.0 Å². The number of rotatable bonds is 2. The van der Waals surface area contributed by atoms with E-state index in [1.807, 2.05) is 11.0 Å². The monoisotopic (exact) mass is 469 g/mol. The number of carbonyl (C=O) groups is 1. The van der Waals surface area contributed by atoms with Crippen molar-refractivity contribution in [3.8, 4) is 11.8 Å². The smallest absolute Gasteiger partial charge is 0.259 e. The summed E-state index contributed by atoms with van der Waals surface area (Å²) in [7, 11) is 10.4. The molecule has 0 saturated heterocycles. The van der Waals surface area contributed by atoms with E-state index in [1.165, 1.54) is 16.6 Å². The Balaban J connectivity index is 2.03. The Morgan fingerprint density at radius 2 is 2.00 bits per heavy atom. The van der Waals surface area contributed by atoms with E-state index in [0.29, 0.717) is 22.8 Å². The number of fused-ring (bicyclic) bond motifs is 2. The van der Waals surface area contributed by atoms with Crippen LogP contribution in [0.3, 0.4) is 0 Å². The molecule has 3 aromatic rings. The van der Waals surface area contributed by atoms with Gasteiger partial charge in [-0.1, -0.05) is 0 Å². The van der Waals surface area contributed by atoms with E-state index in [-0.39, 0.29) is 35.1 Å². The third-order valence-corrected chi connectivity index (χ3v) is 7.04. The number of ether oxygens (including phenoxy) is 1. The predicted molar refractivity (Wildman–Crippen MR) is 145 cm³/mol. The molecule has 9 nitrogen and oxygen atoms in total. The second-order valence-corrected chi connectivity index (χ2v) is 10.4. The topological polar surface area (TPSA) is 122 Å². The summed E-state index contributed by atoms with van der Waals surface area (Å²) in [4.78, 5) is 19.8. The van der Waals surface area contributed by atoms with Gasteiger partial charge in [-0.15, -0.1) is 10.2 Å². The van der Waals surface area contributed by atoms with E-state index in [1.54, 1.807) is 19.2 Å². The van der Waals surface area contributed by atoms with E-state index < -0.39 is 23.2 Å². The zero-order chi connectivity index (χ0) is 25.7. The van der Waals surface area contributed by atoms with Crippen LogP contribution in [-0.2, 0) is 6.54 Å². The Hall–Kier alpha value is -3.55. The maximum Gasteiger partial charge on any atom is 0.259 e. The van der Waals surface area contributed by atoms with Gasteiger partial charge < -0.3 is 20.7 Å². The van der Waals surface area contributed by atoms with Gasteiger partial charge in [0.1, 0.15) is 50.8 Å². The number of hydrogen-bond donors (Lipinski definition) is 2. The third kappa shape index (κ3) is 4.22. The minimum absolute atomic E-state index is 0.0642. The molecule has 0 saturated carbocycles. The van der Waals surface area contributed by atoms with E-state index in [2.05, 4.69) is 49.6 Å². The third-order valence-electron chi connectivity index (χ3n) is 7.04. The van der Waals surface area contributed by atoms with E-state index >= 15 is 0 Å². The van der Waals surface area contributed by atoms with Crippen LogP contribution >= 0.6 is 0 Å². The van der Waals surface area contributed by atoms with Crippen LogP contribution in [0.1, 0.15) is 28.4 Å². The number of nitrogens with one attached hydrogen (secondary N) is 1. The van der Waals surface area contributed by atoms with Gasteiger partial charge in [0.2, 0.25) is 0 Å². The summed E-state index contributed by atoms with van der Waals surface area (Å²) in [5, 5.41) is 16.1. The Kier molecular flexibility index (Phi) is 6.03. The number of nitrogens with two attached hydrogens (primary N) is 1. The molecule has 0 fully saturated rings. The number of halogens is 1. The predicted octanol–water partition coefficient (Wildman–Crippen LogP) is -3.27. The van der Waals surface area contributed by atoms with Gasteiger partial charge in [-0.25, -0.2) is 13.9 Å². The second kappa shape index (κ2) is 8.59. The van der Waals surface area contributed by atoms with Gasteiger partial charge in [0.15, 0.2) is 11.5 Å². The first-order valence-corrected chi connectivity index (χ1v) is 11.4. The van der Waals surface area contributed by atoms with Crippen LogP contribution in [0.4, 0.5) is 16.0 Å². The SMILES string of the molecule is BC(B)(B)C(B)(B)N1Cc2c(ccc(F)c2C#N)OC(C)CNC(=O)c2c(N)nn3ccc1nc23. The molecule has 15 heteroatoms. The number of aromatic nitrogens is 3. The fourth-order valence-corrected chi connectivity index (χ4v) is 4.00. The minimum atomic E-state index is -0.622. The van der Waals surface area contributed by atoms with Crippen LogP contribution in [0.5, 0.6) is 5.75 Å². The van der Waals surface area contributed by atoms with Crippen molar-refractivity contribution in [1.29, 1.82) is 5.26 Å². The maximum atomic E-state index is 14.8. The van der Waals surface area contributed by atoms with E-state index in [0.717, 1.165) is 0 Å². The van der Waals surface area contributed by atoms with Crippen molar-refractivity contribution in [3.05, 3.63) is 46.9 Å². The standard InChI is InChI=1S/C20H25B5FN7O2/c1-9-7-29-18(34)15-16(28)31-33-5-4-14(30-17(15)33)32(20(24,25)19(21,22)23)8-11-10(6-27)12(26)2-3-13(11)35-9/h2-5,9H,7-8,21-25H2,1H3,(H2,28,31)(H,29,34). The molecule has 3 heterocycles. The fraction of sp³-hybridized carbons (Fsp3) is 0.300. The highest BCUT2D eigenvalue weighted by Gasteiger charge is 2.40. The average Bonchev–Trinajstić information content (AvgIpc) is 3.11. The Bertz CT molecular complexity index is 1370. The molecule has 0 aliphatic carbocycles. The zero-order valence-corrected chi connectivity index (χ0v) is 20.8. The Labute approximate surface area is 207 Å². The quantitative estimate of drug-likeness (QED) is 0.379.